The summed E-state index contributed by atoms with van der Waals surface area (Å²) >= 11 is 0. The lowest BCUT2D eigenvalue weighted by atomic mass is 10.1. The van der Waals surface area contributed by atoms with Gasteiger partial charge in [0.2, 0.25) is 11.8 Å². The number of aliphatic hydroxyl groups excluding tert-OH is 1. The molecule has 0 saturated heterocycles. The van der Waals surface area contributed by atoms with E-state index in [9.17, 15) is 14.4 Å². The van der Waals surface area contributed by atoms with E-state index in [0.717, 1.165) is 12.8 Å². The van der Waals surface area contributed by atoms with Crippen LogP contribution >= 0.6 is 0 Å². The maximum absolute atomic E-state index is 11.6. The third-order valence-corrected chi connectivity index (χ3v) is 3.75. The molecule has 0 rings (SSSR count). The minimum atomic E-state index is -0.466. The van der Waals surface area contributed by atoms with Gasteiger partial charge in [-0.15, -0.1) is 0 Å². The summed E-state index contributed by atoms with van der Waals surface area (Å²) in [6.45, 7) is 3.73. The van der Waals surface area contributed by atoms with Gasteiger partial charge in [0.15, 0.2) is 5.78 Å². The number of nitrogens with one attached hydrogen (secondary N) is 3. The molecule has 0 radical (unpaired) electrons. The van der Waals surface area contributed by atoms with Gasteiger partial charge in [-0.3, -0.25) is 14.4 Å². The maximum Gasteiger partial charge on any atom is 0.246 e. The topological polar surface area (TPSA) is 135 Å². The molecule has 0 aromatic carbocycles. The van der Waals surface area contributed by atoms with Crippen LogP contribution < -0.4 is 16.0 Å². The summed E-state index contributed by atoms with van der Waals surface area (Å²) in [5, 5.41) is 17.1. The molecule has 0 aromatic rings. The molecule has 0 bridgehead atoms. The number of unbranched alkanes of at least 4 members (excludes halogenated alkanes) is 1. The molecule has 10 heteroatoms. The number of carbonyl (C=O) groups excluding carboxylic acids is 3. The minimum Gasteiger partial charge on any atom is -0.389 e. The fourth-order valence-corrected chi connectivity index (χ4v) is 2.22. The Hall–Kier alpha value is -1.59. The highest BCUT2D eigenvalue weighted by molar-refractivity contribution is 5.84. The molecule has 0 aliphatic heterocycles. The van der Waals surface area contributed by atoms with Gasteiger partial charge in [-0.25, -0.2) is 0 Å². The van der Waals surface area contributed by atoms with Crippen molar-refractivity contribution in [1.29, 1.82) is 0 Å². The Bertz CT molecular complexity index is 435. The fourth-order valence-electron chi connectivity index (χ4n) is 2.22. The van der Waals surface area contributed by atoms with Crippen molar-refractivity contribution in [3.8, 4) is 0 Å². The number of amides is 2. The average Bonchev–Trinajstić information content (AvgIpc) is 2.70. The second-order valence-electron chi connectivity index (χ2n) is 5.96. The lowest BCUT2D eigenvalue weighted by molar-refractivity contribution is -0.127. The van der Waals surface area contributed by atoms with Gasteiger partial charge in [0, 0.05) is 19.7 Å². The van der Waals surface area contributed by atoms with Crippen molar-refractivity contribution in [2.75, 3.05) is 66.4 Å². The molecule has 164 valence electrons. The van der Waals surface area contributed by atoms with E-state index in [1.807, 2.05) is 6.92 Å². The monoisotopic (exact) mass is 405 g/mol. The smallest absolute Gasteiger partial charge is 0.246 e. The molecule has 10 nitrogen and oxygen atoms in total. The van der Waals surface area contributed by atoms with Crippen LogP contribution in [0.1, 0.15) is 26.2 Å². The number of hydrogen-bond acceptors (Lipinski definition) is 8. The molecular formula is C18H35N3O7. The zero-order valence-electron chi connectivity index (χ0n) is 17.0. The van der Waals surface area contributed by atoms with E-state index >= 15 is 0 Å². The Balaban J connectivity index is 3.44. The van der Waals surface area contributed by atoms with E-state index in [0.29, 0.717) is 39.3 Å². The van der Waals surface area contributed by atoms with Crippen molar-refractivity contribution < 1.29 is 33.7 Å². The first-order valence-corrected chi connectivity index (χ1v) is 9.62. The zero-order valence-corrected chi connectivity index (χ0v) is 17.0. The van der Waals surface area contributed by atoms with Crippen LogP contribution in [0.5, 0.6) is 0 Å². The Morgan fingerprint density at radius 2 is 1.54 bits per heavy atom. The number of aliphatic hydroxyl groups is 1. The van der Waals surface area contributed by atoms with Crippen molar-refractivity contribution in [2.45, 2.75) is 32.2 Å². The normalized spacial score (nSPS) is 11.8. The minimum absolute atomic E-state index is 0.0450. The lowest BCUT2D eigenvalue weighted by Gasteiger charge is -2.13. The summed E-state index contributed by atoms with van der Waals surface area (Å²) in [5.41, 5.74) is 0. The highest BCUT2D eigenvalue weighted by Gasteiger charge is 2.14. The predicted octanol–water partition coefficient (Wildman–Crippen LogP) is -1.39. The van der Waals surface area contributed by atoms with Crippen LogP contribution in [0.2, 0.25) is 0 Å². The zero-order chi connectivity index (χ0) is 21.0. The first kappa shape index (κ1) is 26.4. The molecule has 2 amide bonds. The van der Waals surface area contributed by atoms with E-state index in [4.69, 9.17) is 19.3 Å². The summed E-state index contributed by atoms with van der Waals surface area (Å²) < 4.78 is 15.5. The Morgan fingerprint density at radius 3 is 2.18 bits per heavy atom. The number of likely N-dealkylation sites (N-methyl/N-ethyl adjacent to an activating group) is 1. The predicted molar refractivity (Wildman–Crippen MR) is 103 cm³/mol. The number of rotatable bonds is 19. The van der Waals surface area contributed by atoms with E-state index in [-0.39, 0.29) is 43.5 Å². The summed E-state index contributed by atoms with van der Waals surface area (Å²) in [6, 6.07) is -0.345. The van der Waals surface area contributed by atoms with Crippen molar-refractivity contribution in [3.05, 3.63) is 0 Å². The number of ether oxygens (including phenoxy) is 3. The Labute approximate surface area is 166 Å². The molecule has 0 aromatic heterocycles. The van der Waals surface area contributed by atoms with Crippen molar-refractivity contribution in [3.63, 3.8) is 0 Å². The van der Waals surface area contributed by atoms with E-state index in [1.54, 1.807) is 7.05 Å². The molecular weight excluding hydrogens is 370 g/mol. The largest absolute Gasteiger partial charge is 0.389 e. The van der Waals surface area contributed by atoms with Crippen LogP contribution in [0.25, 0.3) is 0 Å². The number of Topliss-reactive ketones (excluding diaryl/α,β-unsaturated/α-hetero) is 1. The molecule has 4 N–H and O–H groups in total. The van der Waals surface area contributed by atoms with Crippen molar-refractivity contribution in [2.24, 2.45) is 0 Å². The molecule has 0 spiro atoms. The third kappa shape index (κ3) is 15.5. The van der Waals surface area contributed by atoms with Crippen LogP contribution in [0, 0.1) is 0 Å². The highest BCUT2D eigenvalue weighted by atomic mass is 16.5. The molecule has 0 unspecified atom stereocenters. The molecule has 28 heavy (non-hydrogen) atoms. The lowest BCUT2D eigenvalue weighted by Crippen LogP contribution is -2.36. The maximum atomic E-state index is 11.6. The molecule has 0 aliphatic rings. The van der Waals surface area contributed by atoms with Crippen molar-refractivity contribution in [1.82, 2.24) is 16.0 Å². The SMILES string of the molecule is CCOCC(=O)NCCOCCOCC(=O)NCCCC[C@H](NC)C(=O)CO. The van der Waals surface area contributed by atoms with Gasteiger partial charge in [0.05, 0.1) is 25.9 Å². The van der Waals surface area contributed by atoms with Gasteiger partial charge in [0.25, 0.3) is 0 Å². The molecule has 0 fully saturated rings. The van der Waals surface area contributed by atoms with Gasteiger partial charge >= 0.3 is 0 Å². The first-order chi connectivity index (χ1) is 13.5. The van der Waals surface area contributed by atoms with Crippen LogP contribution in [0.15, 0.2) is 0 Å². The molecule has 0 aliphatic carbocycles. The fraction of sp³-hybridized carbons (Fsp3) is 0.833. The summed E-state index contributed by atoms with van der Waals surface area (Å²) in [7, 11) is 1.68. The van der Waals surface area contributed by atoms with Gasteiger partial charge < -0.3 is 35.3 Å². The number of hydrogen-bond donors (Lipinski definition) is 4. The average molecular weight is 405 g/mol. The molecule has 1 atom stereocenters. The Kier molecular flexibility index (Phi) is 17.7. The highest BCUT2D eigenvalue weighted by Crippen LogP contribution is 2.01. The molecule has 0 saturated carbocycles. The van der Waals surface area contributed by atoms with Gasteiger partial charge in [-0.1, -0.05) is 0 Å². The van der Waals surface area contributed by atoms with Gasteiger partial charge in [0.1, 0.15) is 19.8 Å². The van der Waals surface area contributed by atoms with Crippen LogP contribution in [-0.2, 0) is 28.6 Å². The number of carbonyl (C=O) groups is 3. The second-order valence-corrected chi connectivity index (χ2v) is 5.96. The van der Waals surface area contributed by atoms with Crippen LogP contribution in [-0.4, -0.2) is 95.1 Å². The Morgan fingerprint density at radius 1 is 0.893 bits per heavy atom. The standard InChI is InChI=1S/C18H35N3O7/c1-3-26-13-17(24)21-8-9-27-10-11-28-14-18(25)20-7-5-4-6-15(19-2)16(23)12-22/h15,19,22H,3-14H2,1-2H3,(H,20,25)(H,21,24)/t15-/m0/s1. The van der Waals surface area contributed by atoms with Crippen molar-refractivity contribution >= 4 is 17.6 Å². The van der Waals surface area contributed by atoms with E-state index in [1.165, 1.54) is 0 Å². The quantitative estimate of drug-likeness (QED) is 0.193. The van der Waals surface area contributed by atoms with E-state index < -0.39 is 6.61 Å². The summed E-state index contributed by atoms with van der Waals surface area (Å²) in [6.07, 6.45) is 2.11. The first-order valence-electron chi connectivity index (χ1n) is 9.62. The van der Waals surface area contributed by atoms with Gasteiger partial charge in [-0.2, -0.15) is 0 Å². The van der Waals surface area contributed by atoms with Crippen LogP contribution in [0.3, 0.4) is 0 Å². The van der Waals surface area contributed by atoms with E-state index in [2.05, 4.69) is 16.0 Å². The van der Waals surface area contributed by atoms with Gasteiger partial charge in [-0.05, 0) is 33.2 Å². The third-order valence-electron chi connectivity index (χ3n) is 3.75. The second kappa shape index (κ2) is 18.8. The summed E-state index contributed by atoms with van der Waals surface area (Å²) in [5.74, 6) is -0.616. The van der Waals surface area contributed by atoms with Crippen LogP contribution in [0.4, 0.5) is 0 Å². The number of ketones is 1. The molecule has 0 heterocycles. The summed E-state index contributed by atoms with van der Waals surface area (Å²) in [4.78, 5) is 34.2.